The van der Waals surface area contributed by atoms with Gasteiger partial charge in [0.15, 0.2) is 11.6 Å². The number of carbonyl (C=O) groups excluding carboxylic acids is 2. The minimum Gasteiger partial charge on any atom is -0.398 e. The molecule has 2 rings (SSSR count). The SMILES string of the molecule is CC(=O)c1cc(N)c2c(C(C)=O)cccc2c1. The smallest absolute Gasteiger partial charge is 0.160 e. The maximum Gasteiger partial charge on any atom is 0.160 e. The molecule has 0 amide bonds. The summed E-state index contributed by atoms with van der Waals surface area (Å²) in [5.74, 6) is -0.0651. The first-order valence-corrected chi connectivity index (χ1v) is 5.35. The molecule has 0 saturated carbocycles. The van der Waals surface area contributed by atoms with Gasteiger partial charge < -0.3 is 5.73 Å². The van der Waals surface area contributed by atoms with Gasteiger partial charge >= 0.3 is 0 Å². The topological polar surface area (TPSA) is 60.2 Å². The Morgan fingerprint density at radius 2 is 1.76 bits per heavy atom. The molecule has 2 aromatic carbocycles. The summed E-state index contributed by atoms with van der Waals surface area (Å²) in [5, 5.41) is 1.55. The van der Waals surface area contributed by atoms with Crippen LogP contribution >= 0.6 is 0 Å². The number of Topliss-reactive ketones (excluding diaryl/α,β-unsaturated/α-hetero) is 2. The molecule has 0 saturated heterocycles. The first-order chi connectivity index (χ1) is 8.00. The van der Waals surface area contributed by atoms with E-state index in [1.165, 1.54) is 13.8 Å². The van der Waals surface area contributed by atoms with Crippen molar-refractivity contribution in [1.82, 2.24) is 0 Å². The zero-order valence-electron chi connectivity index (χ0n) is 9.78. The number of nitrogen functional groups attached to an aromatic ring is 1. The van der Waals surface area contributed by atoms with Crippen LogP contribution in [0.3, 0.4) is 0 Å². The van der Waals surface area contributed by atoms with Gasteiger partial charge in [0.2, 0.25) is 0 Å². The number of hydrogen-bond acceptors (Lipinski definition) is 3. The highest BCUT2D eigenvalue weighted by molar-refractivity contribution is 6.13. The minimum atomic E-state index is -0.0353. The fourth-order valence-corrected chi connectivity index (χ4v) is 1.96. The molecule has 0 aliphatic carbocycles. The second kappa shape index (κ2) is 4.01. The molecular weight excluding hydrogens is 214 g/mol. The third-order valence-corrected chi connectivity index (χ3v) is 2.79. The Morgan fingerprint density at radius 1 is 1.06 bits per heavy atom. The van der Waals surface area contributed by atoms with Crippen LogP contribution in [0.4, 0.5) is 5.69 Å². The predicted octanol–water partition coefficient (Wildman–Crippen LogP) is 2.83. The van der Waals surface area contributed by atoms with Crippen LogP contribution in [0.5, 0.6) is 0 Å². The van der Waals surface area contributed by atoms with Gasteiger partial charge in [-0.15, -0.1) is 0 Å². The zero-order chi connectivity index (χ0) is 12.6. The maximum atomic E-state index is 11.5. The van der Waals surface area contributed by atoms with E-state index in [0.29, 0.717) is 16.8 Å². The molecule has 0 aromatic heterocycles. The lowest BCUT2D eigenvalue weighted by Gasteiger charge is -2.08. The third-order valence-electron chi connectivity index (χ3n) is 2.79. The summed E-state index contributed by atoms with van der Waals surface area (Å²) in [6.07, 6.45) is 0. The summed E-state index contributed by atoms with van der Waals surface area (Å²) < 4.78 is 0. The van der Waals surface area contributed by atoms with Crippen LogP contribution in [0.25, 0.3) is 10.8 Å². The number of anilines is 1. The van der Waals surface area contributed by atoms with E-state index in [-0.39, 0.29) is 11.6 Å². The summed E-state index contributed by atoms with van der Waals surface area (Å²) >= 11 is 0. The highest BCUT2D eigenvalue weighted by Crippen LogP contribution is 2.27. The van der Waals surface area contributed by atoms with E-state index < -0.39 is 0 Å². The van der Waals surface area contributed by atoms with Crippen molar-refractivity contribution in [3.8, 4) is 0 Å². The van der Waals surface area contributed by atoms with Gasteiger partial charge in [0.05, 0.1) is 0 Å². The van der Waals surface area contributed by atoms with Crippen LogP contribution in [0.1, 0.15) is 34.6 Å². The Kier molecular flexibility index (Phi) is 2.68. The molecule has 0 bridgehead atoms. The van der Waals surface area contributed by atoms with Gasteiger partial charge in [0.25, 0.3) is 0 Å². The van der Waals surface area contributed by atoms with Gasteiger partial charge in [0.1, 0.15) is 0 Å². The molecule has 2 N–H and O–H groups in total. The fourth-order valence-electron chi connectivity index (χ4n) is 1.96. The van der Waals surface area contributed by atoms with Crippen molar-refractivity contribution < 1.29 is 9.59 Å². The van der Waals surface area contributed by atoms with E-state index in [0.717, 1.165) is 10.8 Å². The Labute approximate surface area is 99.2 Å². The lowest BCUT2D eigenvalue weighted by Crippen LogP contribution is -2.00. The average Bonchev–Trinajstić information content (AvgIpc) is 2.27. The molecule has 0 atom stereocenters. The number of rotatable bonds is 2. The number of fused-ring (bicyclic) bond motifs is 1. The normalized spacial score (nSPS) is 10.5. The van der Waals surface area contributed by atoms with E-state index in [9.17, 15) is 9.59 Å². The molecular formula is C14H13NO2. The molecule has 0 spiro atoms. The summed E-state index contributed by atoms with van der Waals surface area (Å²) in [6, 6.07) is 8.78. The quantitative estimate of drug-likeness (QED) is 0.634. The van der Waals surface area contributed by atoms with Crippen LogP contribution in [0.2, 0.25) is 0 Å². The van der Waals surface area contributed by atoms with Crippen molar-refractivity contribution in [1.29, 1.82) is 0 Å². The average molecular weight is 227 g/mol. The Hall–Kier alpha value is -2.16. The van der Waals surface area contributed by atoms with Crippen LogP contribution in [-0.2, 0) is 0 Å². The van der Waals surface area contributed by atoms with Gasteiger partial charge in [0, 0.05) is 22.2 Å². The highest BCUT2D eigenvalue weighted by atomic mass is 16.1. The summed E-state index contributed by atoms with van der Waals surface area (Å²) in [6.45, 7) is 3.00. The van der Waals surface area contributed by atoms with Gasteiger partial charge in [-0.1, -0.05) is 18.2 Å². The molecule has 0 aliphatic rings. The van der Waals surface area contributed by atoms with Crippen molar-refractivity contribution in [2.45, 2.75) is 13.8 Å². The van der Waals surface area contributed by atoms with Crippen LogP contribution in [0, 0.1) is 0 Å². The minimum absolute atomic E-state index is 0.0297. The van der Waals surface area contributed by atoms with Crippen molar-refractivity contribution in [3.05, 3.63) is 41.5 Å². The zero-order valence-corrected chi connectivity index (χ0v) is 9.78. The van der Waals surface area contributed by atoms with Crippen molar-refractivity contribution >= 4 is 28.0 Å². The standard InChI is InChI=1S/C14H13NO2/c1-8(16)11-6-10-4-3-5-12(9(2)17)14(10)13(15)7-11/h3-7H,15H2,1-2H3. The number of benzene rings is 2. The van der Waals surface area contributed by atoms with Crippen molar-refractivity contribution in [2.24, 2.45) is 0 Å². The van der Waals surface area contributed by atoms with Crippen LogP contribution in [0.15, 0.2) is 30.3 Å². The first-order valence-electron chi connectivity index (χ1n) is 5.35. The molecule has 3 heteroatoms. The van der Waals surface area contributed by atoms with E-state index in [4.69, 9.17) is 5.73 Å². The lowest BCUT2D eigenvalue weighted by atomic mass is 9.97. The Balaban J connectivity index is 2.85. The molecule has 0 fully saturated rings. The number of ketones is 2. The van der Waals surface area contributed by atoms with Crippen molar-refractivity contribution in [2.75, 3.05) is 5.73 Å². The van der Waals surface area contributed by atoms with Gasteiger partial charge in [-0.2, -0.15) is 0 Å². The number of hydrogen-bond donors (Lipinski definition) is 1. The van der Waals surface area contributed by atoms with Gasteiger partial charge in [-0.3, -0.25) is 9.59 Å². The molecule has 0 heterocycles. The molecule has 3 nitrogen and oxygen atoms in total. The predicted molar refractivity (Wildman–Crippen MR) is 68.4 cm³/mol. The Morgan fingerprint density at radius 3 is 2.35 bits per heavy atom. The van der Waals surface area contributed by atoms with Gasteiger partial charge in [-0.25, -0.2) is 0 Å². The van der Waals surface area contributed by atoms with Crippen LogP contribution < -0.4 is 5.73 Å². The number of nitrogens with two attached hydrogens (primary N) is 1. The number of carbonyl (C=O) groups is 2. The summed E-state index contributed by atoms with van der Waals surface area (Å²) in [7, 11) is 0. The molecule has 0 radical (unpaired) electrons. The maximum absolute atomic E-state index is 11.5. The van der Waals surface area contributed by atoms with E-state index in [1.807, 2.05) is 6.07 Å². The second-order valence-electron chi connectivity index (χ2n) is 4.08. The molecule has 86 valence electrons. The fraction of sp³-hybridized carbons (Fsp3) is 0.143. The molecule has 2 aromatic rings. The monoisotopic (exact) mass is 227 g/mol. The van der Waals surface area contributed by atoms with Gasteiger partial charge in [-0.05, 0) is 31.4 Å². The molecule has 0 aliphatic heterocycles. The second-order valence-corrected chi connectivity index (χ2v) is 4.08. The van der Waals surface area contributed by atoms with Crippen LogP contribution in [-0.4, -0.2) is 11.6 Å². The molecule has 17 heavy (non-hydrogen) atoms. The third kappa shape index (κ3) is 1.91. The van der Waals surface area contributed by atoms with E-state index in [2.05, 4.69) is 0 Å². The summed E-state index contributed by atoms with van der Waals surface area (Å²) in [5.41, 5.74) is 7.56. The van der Waals surface area contributed by atoms with Crippen molar-refractivity contribution in [3.63, 3.8) is 0 Å². The first kappa shape index (κ1) is 11.3. The van der Waals surface area contributed by atoms with E-state index >= 15 is 0 Å². The highest BCUT2D eigenvalue weighted by Gasteiger charge is 2.10. The Bertz CT molecular complexity index is 629. The lowest BCUT2D eigenvalue weighted by molar-refractivity contribution is 0.101. The largest absolute Gasteiger partial charge is 0.398 e. The molecule has 0 unspecified atom stereocenters. The van der Waals surface area contributed by atoms with E-state index in [1.54, 1.807) is 24.3 Å². The summed E-state index contributed by atoms with van der Waals surface area (Å²) in [4.78, 5) is 22.8.